The molecule has 22 heavy (non-hydrogen) atoms. The summed E-state index contributed by atoms with van der Waals surface area (Å²) in [4.78, 5) is 14.6. The van der Waals surface area contributed by atoms with Crippen molar-refractivity contribution in [3.63, 3.8) is 0 Å². The third-order valence-electron chi connectivity index (χ3n) is 4.06. The molecule has 1 amide bonds. The quantitative estimate of drug-likeness (QED) is 0.839. The number of nitrogens with zero attached hydrogens (tertiary/aromatic N) is 1. The Bertz CT molecular complexity index is 495. The molecule has 122 valence electrons. The Morgan fingerprint density at radius 2 is 2.18 bits per heavy atom. The van der Waals surface area contributed by atoms with Gasteiger partial charge in [-0.15, -0.1) is 0 Å². The average Bonchev–Trinajstić information content (AvgIpc) is 3.01. The van der Waals surface area contributed by atoms with Gasteiger partial charge in [-0.05, 0) is 30.9 Å². The van der Waals surface area contributed by atoms with E-state index in [1.54, 1.807) is 0 Å². The summed E-state index contributed by atoms with van der Waals surface area (Å²) in [6, 6.07) is 7.67. The molecule has 2 rings (SSSR count). The second-order valence-corrected chi connectivity index (χ2v) is 6.17. The molecule has 0 radical (unpaired) electrons. The first-order valence-electron chi connectivity index (χ1n) is 8.03. The minimum atomic E-state index is -0.354. The predicted molar refractivity (Wildman–Crippen MR) is 88.7 cm³/mol. The minimum Gasteiger partial charge on any atom is -0.364 e. The lowest BCUT2D eigenvalue weighted by Gasteiger charge is -2.26. The van der Waals surface area contributed by atoms with Crippen LogP contribution >= 0.6 is 11.6 Å². The van der Waals surface area contributed by atoms with E-state index in [0.29, 0.717) is 18.1 Å². The van der Waals surface area contributed by atoms with Crippen molar-refractivity contribution in [3.05, 3.63) is 34.9 Å². The van der Waals surface area contributed by atoms with E-state index >= 15 is 0 Å². The Labute approximate surface area is 137 Å². The lowest BCUT2D eigenvalue weighted by atomic mass is 10.1. The number of amides is 1. The molecule has 0 aliphatic carbocycles. The number of halogens is 1. The molecule has 0 saturated carbocycles. The van der Waals surface area contributed by atoms with Crippen molar-refractivity contribution in [2.24, 2.45) is 5.73 Å². The van der Waals surface area contributed by atoms with Crippen LogP contribution in [0.2, 0.25) is 5.02 Å². The molecule has 1 fully saturated rings. The zero-order valence-electron chi connectivity index (χ0n) is 13.1. The number of carbonyl (C=O) groups is 1. The highest BCUT2D eigenvalue weighted by atomic mass is 35.5. The molecule has 1 heterocycles. The van der Waals surface area contributed by atoms with Gasteiger partial charge in [-0.3, -0.25) is 4.79 Å². The van der Waals surface area contributed by atoms with E-state index in [-0.39, 0.29) is 18.1 Å². The maximum absolute atomic E-state index is 12.7. The van der Waals surface area contributed by atoms with Crippen molar-refractivity contribution in [1.29, 1.82) is 0 Å². The number of hydrogen-bond acceptors (Lipinski definition) is 3. The lowest BCUT2D eigenvalue weighted by Crippen LogP contribution is -2.40. The summed E-state index contributed by atoms with van der Waals surface area (Å²) < 4.78 is 5.75. The first-order valence-corrected chi connectivity index (χ1v) is 8.41. The van der Waals surface area contributed by atoms with Crippen LogP contribution in [-0.4, -0.2) is 36.1 Å². The van der Waals surface area contributed by atoms with Crippen molar-refractivity contribution in [2.45, 2.75) is 51.4 Å². The van der Waals surface area contributed by atoms with Crippen LogP contribution < -0.4 is 5.73 Å². The van der Waals surface area contributed by atoms with Crippen molar-refractivity contribution in [3.8, 4) is 0 Å². The maximum atomic E-state index is 12.7. The van der Waals surface area contributed by atoms with Gasteiger partial charge in [-0.2, -0.15) is 0 Å². The van der Waals surface area contributed by atoms with Crippen LogP contribution in [-0.2, 0) is 16.1 Å². The molecule has 0 aromatic heterocycles. The summed E-state index contributed by atoms with van der Waals surface area (Å²) in [5.74, 6) is 0.0596. The largest absolute Gasteiger partial charge is 0.364 e. The fraction of sp³-hybridized carbons (Fsp3) is 0.588. The number of carbonyl (C=O) groups excluding carboxylic acids is 1. The molecule has 0 spiro atoms. The molecule has 0 unspecified atom stereocenters. The summed E-state index contributed by atoms with van der Waals surface area (Å²) in [5, 5.41) is 0.698. The normalized spacial score (nSPS) is 21.0. The van der Waals surface area contributed by atoms with Gasteiger partial charge in [0.2, 0.25) is 0 Å². The molecular formula is C17H25ClN2O2. The second-order valence-electron chi connectivity index (χ2n) is 5.76. The zero-order chi connectivity index (χ0) is 15.9. The molecular weight excluding hydrogens is 300 g/mol. The van der Waals surface area contributed by atoms with Gasteiger partial charge in [-0.1, -0.05) is 43.1 Å². The van der Waals surface area contributed by atoms with E-state index in [9.17, 15) is 4.79 Å². The van der Waals surface area contributed by atoms with E-state index in [0.717, 1.165) is 37.8 Å². The van der Waals surface area contributed by atoms with Crippen LogP contribution in [0.25, 0.3) is 0 Å². The predicted octanol–water partition coefficient (Wildman–Crippen LogP) is 2.98. The fourth-order valence-electron chi connectivity index (χ4n) is 2.71. The third kappa shape index (κ3) is 4.45. The number of nitrogens with two attached hydrogens (primary N) is 1. The highest BCUT2D eigenvalue weighted by Crippen LogP contribution is 2.23. The van der Waals surface area contributed by atoms with Crippen molar-refractivity contribution < 1.29 is 9.53 Å². The van der Waals surface area contributed by atoms with Gasteiger partial charge < -0.3 is 15.4 Å². The van der Waals surface area contributed by atoms with Crippen LogP contribution in [0.15, 0.2) is 24.3 Å². The van der Waals surface area contributed by atoms with Crippen LogP contribution in [0, 0.1) is 0 Å². The van der Waals surface area contributed by atoms with Gasteiger partial charge in [0.15, 0.2) is 0 Å². The standard InChI is InChI=1S/C17H25ClN2O2/c1-2-3-10-20(12-13-6-4-5-7-15(13)18)17(21)16-9-8-14(11-19)22-16/h4-7,14,16H,2-3,8-12,19H2,1H3/t14-,16+/m1/s1. The molecule has 1 aromatic rings. The highest BCUT2D eigenvalue weighted by molar-refractivity contribution is 6.31. The van der Waals surface area contributed by atoms with Gasteiger partial charge in [0.05, 0.1) is 6.10 Å². The highest BCUT2D eigenvalue weighted by Gasteiger charge is 2.32. The van der Waals surface area contributed by atoms with Crippen molar-refractivity contribution in [2.75, 3.05) is 13.1 Å². The summed E-state index contributed by atoms with van der Waals surface area (Å²) in [5.41, 5.74) is 6.60. The Balaban J connectivity index is 2.05. The van der Waals surface area contributed by atoms with E-state index in [2.05, 4.69) is 6.92 Å². The van der Waals surface area contributed by atoms with Crippen molar-refractivity contribution >= 4 is 17.5 Å². The third-order valence-corrected chi connectivity index (χ3v) is 4.43. The summed E-state index contributed by atoms with van der Waals surface area (Å²) in [6.07, 6.45) is 3.30. The SMILES string of the molecule is CCCCN(Cc1ccccc1Cl)C(=O)[C@@H]1CC[C@H](CN)O1. The van der Waals surface area contributed by atoms with Gasteiger partial charge in [0.1, 0.15) is 6.10 Å². The van der Waals surface area contributed by atoms with Crippen LogP contribution in [0.1, 0.15) is 38.2 Å². The topological polar surface area (TPSA) is 55.6 Å². The molecule has 1 saturated heterocycles. The molecule has 1 aliphatic rings. The van der Waals surface area contributed by atoms with Crippen LogP contribution in [0.5, 0.6) is 0 Å². The van der Waals surface area contributed by atoms with E-state index in [1.807, 2.05) is 29.2 Å². The Morgan fingerprint density at radius 3 is 2.82 bits per heavy atom. The number of rotatable bonds is 7. The van der Waals surface area contributed by atoms with Gasteiger partial charge in [-0.25, -0.2) is 0 Å². The zero-order valence-corrected chi connectivity index (χ0v) is 13.9. The molecule has 1 aliphatic heterocycles. The Hall–Kier alpha value is -1.10. The summed E-state index contributed by atoms with van der Waals surface area (Å²) in [7, 11) is 0. The van der Waals surface area contributed by atoms with E-state index < -0.39 is 0 Å². The monoisotopic (exact) mass is 324 g/mol. The number of unbranched alkanes of at least 4 members (excludes halogenated alkanes) is 1. The maximum Gasteiger partial charge on any atom is 0.252 e. The average molecular weight is 325 g/mol. The van der Waals surface area contributed by atoms with Gasteiger partial charge in [0, 0.05) is 24.7 Å². The first-order chi connectivity index (χ1) is 10.7. The smallest absolute Gasteiger partial charge is 0.252 e. The molecule has 2 N–H and O–H groups in total. The molecule has 1 aromatic carbocycles. The Morgan fingerprint density at radius 1 is 1.41 bits per heavy atom. The number of ether oxygens (including phenoxy) is 1. The molecule has 0 bridgehead atoms. The molecule has 2 atom stereocenters. The van der Waals surface area contributed by atoms with Gasteiger partial charge >= 0.3 is 0 Å². The lowest BCUT2D eigenvalue weighted by molar-refractivity contribution is -0.143. The summed E-state index contributed by atoms with van der Waals surface area (Å²) >= 11 is 6.23. The second kappa shape index (κ2) is 8.51. The van der Waals surface area contributed by atoms with Crippen LogP contribution in [0.4, 0.5) is 0 Å². The number of benzene rings is 1. The summed E-state index contributed by atoms with van der Waals surface area (Å²) in [6.45, 7) is 3.86. The molecule has 5 heteroatoms. The van der Waals surface area contributed by atoms with Crippen molar-refractivity contribution in [1.82, 2.24) is 4.90 Å². The Kier molecular flexibility index (Phi) is 6.68. The van der Waals surface area contributed by atoms with Gasteiger partial charge in [0.25, 0.3) is 5.91 Å². The molecule has 4 nitrogen and oxygen atoms in total. The first kappa shape index (κ1) is 17.3. The van der Waals surface area contributed by atoms with E-state index in [4.69, 9.17) is 22.1 Å². The fourth-order valence-corrected chi connectivity index (χ4v) is 2.91. The van der Waals surface area contributed by atoms with E-state index in [1.165, 1.54) is 0 Å². The minimum absolute atomic E-state index is 0.0160. The number of hydrogen-bond donors (Lipinski definition) is 1. The van der Waals surface area contributed by atoms with Crippen LogP contribution in [0.3, 0.4) is 0 Å².